The van der Waals surface area contributed by atoms with Crippen molar-refractivity contribution in [3.05, 3.63) is 93.4 Å². The van der Waals surface area contributed by atoms with Crippen LogP contribution in [0.2, 0.25) is 0 Å². The van der Waals surface area contributed by atoms with Crippen LogP contribution < -0.4 is 5.32 Å². The highest BCUT2D eigenvalue weighted by molar-refractivity contribution is 7.15. The molecule has 9 heteroatoms. The van der Waals surface area contributed by atoms with Crippen molar-refractivity contribution in [3.8, 4) is 5.00 Å². The Balaban J connectivity index is 1.60. The molecule has 0 bridgehead atoms. The second-order valence-corrected chi connectivity index (χ2v) is 10.4. The molecule has 0 saturated heterocycles. The Morgan fingerprint density at radius 2 is 1.81 bits per heavy atom. The number of carboxylic acids is 1. The summed E-state index contributed by atoms with van der Waals surface area (Å²) in [7, 11) is 0. The number of hydrogen-bond acceptors (Lipinski definition) is 7. The van der Waals surface area contributed by atoms with E-state index in [1.54, 1.807) is 11.3 Å². The molecular weight excluding hydrogens is 486 g/mol. The fraction of sp³-hybridized carbons (Fsp3) is 0.286. The minimum absolute atomic E-state index is 0.0662. The van der Waals surface area contributed by atoms with Crippen LogP contribution in [0.5, 0.6) is 0 Å². The van der Waals surface area contributed by atoms with Crippen molar-refractivity contribution in [1.29, 1.82) is 0 Å². The summed E-state index contributed by atoms with van der Waals surface area (Å²) in [5.41, 5.74) is 5.85. The fourth-order valence-electron chi connectivity index (χ4n) is 4.72. The first kappa shape index (κ1) is 24.9. The maximum absolute atomic E-state index is 12.3. The van der Waals surface area contributed by atoms with Gasteiger partial charge in [0.2, 0.25) is 0 Å². The second-order valence-electron chi connectivity index (χ2n) is 9.20. The Bertz CT molecular complexity index is 1460. The Hall–Kier alpha value is -3.82. The largest absolute Gasteiger partial charge is 0.481 e. The number of thiophene rings is 1. The summed E-state index contributed by atoms with van der Waals surface area (Å²) in [5.74, 6) is -0.804. The van der Waals surface area contributed by atoms with Gasteiger partial charge in [0.1, 0.15) is 16.9 Å². The Kier molecular flexibility index (Phi) is 6.90. The molecule has 1 unspecified atom stereocenters. The van der Waals surface area contributed by atoms with Crippen LogP contribution in [0, 0.1) is 26.7 Å². The van der Waals surface area contributed by atoms with E-state index >= 15 is 0 Å². The van der Waals surface area contributed by atoms with E-state index in [1.165, 1.54) is 5.56 Å². The zero-order valence-electron chi connectivity index (χ0n) is 21.0. The van der Waals surface area contributed by atoms with Gasteiger partial charge in [-0.25, -0.2) is 0 Å². The molecule has 0 fully saturated rings. The smallest absolute Gasteiger partial charge is 0.309 e. The summed E-state index contributed by atoms with van der Waals surface area (Å²) in [6, 6.07) is 17.5. The number of nitrogens with zero attached hydrogens (tertiary/aromatic N) is 4. The molecule has 3 heterocycles. The van der Waals surface area contributed by atoms with Crippen molar-refractivity contribution in [1.82, 2.24) is 14.8 Å². The summed E-state index contributed by atoms with van der Waals surface area (Å²) in [6.45, 7) is 6.46. The van der Waals surface area contributed by atoms with Gasteiger partial charge in [0.15, 0.2) is 5.82 Å². The predicted molar refractivity (Wildman–Crippen MR) is 145 cm³/mol. The van der Waals surface area contributed by atoms with E-state index in [0.717, 1.165) is 38.0 Å². The number of nitrogens with one attached hydrogen (secondary N) is 1. The van der Waals surface area contributed by atoms with E-state index in [0.29, 0.717) is 18.2 Å². The molecule has 3 N–H and O–H groups in total. The number of aliphatic hydroxyl groups excluding tert-OH is 1. The lowest BCUT2D eigenvalue weighted by atomic mass is 9.95. The van der Waals surface area contributed by atoms with Crippen molar-refractivity contribution in [2.24, 2.45) is 10.9 Å². The Morgan fingerprint density at radius 3 is 2.49 bits per heavy atom. The first-order valence-electron chi connectivity index (χ1n) is 12.2. The topological polar surface area (TPSA) is 113 Å². The van der Waals surface area contributed by atoms with E-state index < -0.39 is 17.9 Å². The van der Waals surface area contributed by atoms with E-state index in [-0.39, 0.29) is 13.0 Å². The minimum Gasteiger partial charge on any atom is -0.481 e. The van der Waals surface area contributed by atoms with Gasteiger partial charge in [-0.15, -0.1) is 21.5 Å². The minimum atomic E-state index is -1.02. The van der Waals surface area contributed by atoms with Crippen molar-refractivity contribution in [2.45, 2.75) is 39.8 Å². The van der Waals surface area contributed by atoms with Gasteiger partial charge in [0.25, 0.3) is 0 Å². The maximum atomic E-state index is 12.3. The van der Waals surface area contributed by atoms with Gasteiger partial charge in [-0.2, -0.15) is 0 Å². The number of fused-ring (bicyclic) bond motifs is 3. The van der Waals surface area contributed by atoms with Gasteiger partial charge in [-0.1, -0.05) is 42.5 Å². The average Bonchev–Trinajstić information content (AvgIpc) is 3.37. The van der Waals surface area contributed by atoms with Gasteiger partial charge in [0, 0.05) is 34.8 Å². The number of hydrogen-bond donors (Lipinski definition) is 3. The molecule has 190 valence electrons. The molecule has 1 aliphatic rings. The van der Waals surface area contributed by atoms with Crippen LogP contribution in [0.25, 0.3) is 5.00 Å². The molecule has 2 aromatic heterocycles. The molecule has 1 aliphatic heterocycles. The molecule has 0 amide bonds. The van der Waals surface area contributed by atoms with Crippen molar-refractivity contribution in [3.63, 3.8) is 0 Å². The number of aliphatic hydroxyl groups is 1. The third-order valence-corrected chi connectivity index (χ3v) is 8.02. The highest BCUT2D eigenvalue weighted by Crippen LogP contribution is 2.41. The zero-order valence-corrected chi connectivity index (χ0v) is 21.8. The van der Waals surface area contributed by atoms with Gasteiger partial charge in [0.05, 0.1) is 11.6 Å². The number of benzene rings is 2. The number of aromatic nitrogens is 3. The van der Waals surface area contributed by atoms with Crippen molar-refractivity contribution >= 4 is 28.7 Å². The summed E-state index contributed by atoms with van der Waals surface area (Å²) in [6.07, 6.45) is 0.0662. The number of rotatable bonds is 8. The Labute approximate surface area is 219 Å². The van der Waals surface area contributed by atoms with Crippen LogP contribution in [0.15, 0.2) is 59.6 Å². The van der Waals surface area contributed by atoms with Gasteiger partial charge in [-0.3, -0.25) is 14.4 Å². The molecule has 0 saturated carbocycles. The number of carboxylic acid groups (broad SMARTS) is 1. The van der Waals surface area contributed by atoms with Crippen LogP contribution >= 0.6 is 11.3 Å². The van der Waals surface area contributed by atoms with Gasteiger partial charge >= 0.3 is 5.97 Å². The summed E-state index contributed by atoms with van der Waals surface area (Å²) in [5, 5.41) is 32.7. The van der Waals surface area contributed by atoms with E-state index in [1.807, 2.05) is 54.0 Å². The number of aliphatic imine (C=N–C) groups is 1. The van der Waals surface area contributed by atoms with Crippen LogP contribution in [0.3, 0.4) is 0 Å². The summed E-state index contributed by atoms with van der Waals surface area (Å²) < 4.78 is 1.93. The molecule has 4 aromatic rings. The highest BCUT2D eigenvalue weighted by Gasteiger charge is 2.38. The van der Waals surface area contributed by atoms with Crippen molar-refractivity contribution < 1.29 is 15.0 Å². The maximum Gasteiger partial charge on any atom is 0.309 e. The third-order valence-electron chi connectivity index (χ3n) is 6.83. The number of aryl methyl sites for hydroxylation is 2. The number of aliphatic carboxylic acids is 1. The molecule has 0 radical (unpaired) electrons. The second kappa shape index (κ2) is 10.3. The molecule has 0 spiro atoms. The predicted octanol–water partition coefficient (Wildman–Crippen LogP) is 4.84. The van der Waals surface area contributed by atoms with Crippen LogP contribution in [-0.2, 0) is 11.3 Å². The van der Waals surface area contributed by atoms with Gasteiger partial charge < -0.3 is 15.5 Å². The quantitative estimate of drug-likeness (QED) is 0.310. The van der Waals surface area contributed by atoms with Crippen molar-refractivity contribution in [2.75, 3.05) is 11.9 Å². The third kappa shape index (κ3) is 4.68. The SMILES string of the molecule is Cc1sc2c(c1C)C(c1ccc(NCc3ccccc3)cc1)=NC([C@H](CCO)C(=O)O)c1nnc(C)n1-2. The lowest BCUT2D eigenvalue weighted by Gasteiger charge is -2.19. The number of anilines is 1. The summed E-state index contributed by atoms with van der Waals surface area (Å²) in [4.78, 5) is 18.5. The molecule has 0 aliphatic carbocycles. The molecule has 2 atom stereocenters. The molecule has 8 nitrogen and oxygen atoms in total. The Morgan fingerprint density at radius 1 is 1.08 bits per heavy atom. The zero-order chi connectivity index (χ0) is 26.1. The molecule has 37 heavy (non-hydrogen) atoms. The van der Waals surface area contributed by atoms with Crippen LogP contribution in [-0.4, -0.2) is 43.3 Å². The lowest BCUT2D eigenvalue weighted by molar-refractivity contribution is -0.143. The van der Waals surface area contributed by atoms with E-state index in [2.05, 4.69) is 41.5 Å². The first-order chi connectivity index (χ1) is 17.9. The monoisotopic (exact) mass is 515 g/mol. The van der Waals surface area contributed by atoms with Crippen LogP contribution in [0.4, 0.5) is 5.69 Å². The highest BCUT2D eigenvalue weighted by atomic mass is 32.1. The molecule has 2 aromatic carbocycles. The molecular formula is C28H29N5O3S. The average molecular weight is 516 g/mol. The standard InChI is InChI=1S/C28H29N5O3S/c1-16-17(2)37-27-23(16)24(20-9-11-21(12-10-20)29-15-19-7-5-4-6-8-19)30-25(22(13-14-34)28(35)36)26-32-31-18(3)33(26)27/h4-12,22,25,29,34H,13-15H2,1-3H3,(H,35,36)/t22-,25?/m0/s1. The van der Waals surface area contributed by atoms with E-state index in [4.69, 9.17) is 4.99 Å². The van der Waals surface area contributed by atoms with Gasteiger partial charge in [-0.05, 0) is 50.5 Å². The van der Waals surface area contributed by atoms with Crippen LogP contribution in [0.1, 0.15) is 51.2 Å². The molecule has 5 rings (SSSR count). The lowest BCUT2D eigenvalue weighted by Crippen LogP contribution is -2.24. The first-order valence-corrected chi connectivity index (χ1v) is 13.0. The summed E-state index contributed by atoms with van der Waals surface area (Å²) >= 11 is 1.63. The fourth-order valence-corrected chi connectivity index (χ4v) is 5.93. The van der Waals surface area contributed by atoms with E-state index in [9.17, 15) is 15.0 Å². The normalized spacial score (nSPS) is 15.4. The number of carbonyl (C=O) groups is 1.